The Kier molecular flexibility index (Phi) is 15.5. The summed E-state index contributed by atoms with van der Waals surface area (Å²) in [6.07, 6.45) is 4.65. The normalized spacial score (nSPS) is 10.2. The predicted octanol–water partition coefficient (Wildman–Crippen LogP) is 0.0940. The predicted molar refractivity (Wildman–Crippen MR) is 79.9 cm³/mol. The standard InChI is InChI=1S/C15H24O8/c1-2-5-19-6-7-20-8-9-21-10-11-22-12-13-23-15(18)4-3-14(16)17/h1H,3-13H2,(H,16,17). The smallest absolute Gasteiger partial charge is 0.306 e. The van der Waals surface area contributed by atoms with Crippen molar-refractivity contribution in [2.75, 3.05) is 59.5 Å². The van der Waals surface area contributed by atoms with Crippen LogP contribution in [0.3, 0.4) is 0 Å². The van der Waals surface area contributed by atoms with Gasteiger partial charge in [0.1, 0.15) is 13.2 Å². The molecule has 0 aromatic carbocycles. The molecule has 0 bridgehead atoms. The van der Waals surface area contributed by atoms with Crippen LogP contribution in [0.1, 0.15) is 12.8 Å². The minimum atomic E-state index is -1.03. The minimum absolute atomic E-state index is 0.0964. The largest absolute Gasteiger partial charge is 0.481 e. The van der Waals surface area contributed by atoms with Gasteiger partial charge in [-0.1, -0.05) is 5.92 Å². The number of carboxylic acids is 1. The summed E-state index contributed by atoms with van der Waals surface area (Å²) in [6.45, 7) is 3.23. The number of carboxylic acid groups (broad SMARTS) is 1. The zero-order valence-corrected chi connectivity index (χ0v) is 13.2. The summed E-state index contributed by atoms with van der Waals surface area (Å²) < 4.78 is 25.5. The van der Waals surface area contributed by atoms with E-state index >= 15 is 0 Å². The first kappa shape index (κ1) is 21.3. The first-order valence-electron chi connectivity index (χ1n) is 7.28. The third kappa shape index (κ3) is 18.3. The maximum absolute atomic E-state index is 11.1. The van der Waals surface area contributed by atoms with Crippen LogP contribution >= 0.6 is 0 Å². The van der Waals surface area contributed by atoms with Crippen LogP contribution < -0.4 is 0 Å². The van der Waals surface area contributed by atoms with Crippen LogP contribution in [0.2, 0.25) is 0 Å². The number of esters is 1. The molecule has 0 saturated carbocycles. The lowest BCUT2D eigenvalue weighted by atomic mass is 10.3. The van der Waals surface area contributed by atoms with Crippen LogP contribution in [-0.4, -0.2) is 76.5 Å². The first-order chi connectivity index (χ1) is 11.2. The van der Waals surface area contributed by atoms with E-state index < -0.39 is 11.9 Å². The van der Waals surface area contributed by atoms with Crippen molar-refractivity contribution in [3.63, 3.8) is 0 Å². The molecule has 23 heavy (non-hydrogen) atoms. The van der Waals surface area contributed by atoms with Crippen LogP contribution in [0, 0.1) is 12.3 Å². The lowest BCUT2D eigenvalue weighted by molar-refractivity contribution is -0.149. The number of aliphatic carboxylic acids is 1. The molecule has 0 aliphatic heterocycles. The quantitative estimate of drug-likeness (QED) is 0.241. The van der Waals surface area contributed by atoms with E-state index in [9.17, 15) is 9.59 Å². The third-order valence-corrected chi connectivity index (χ3v) is 2.34. The highest BCUT2D eigenvalue weighted by Crippen LogP contribution is 1.93. The summed E-state index contributed by atoms with van der Waals surface area (Å²) in [7, 11) is 0. The van der Waals surface area contributed by atoms with E-state index in [0.717, 1.165) is 0 Å². The van der Waals surface area contributed by atoms with Gasteiger partial charge in [-0.3, -0.25) is 9.59 Å². The number of hydrogen-bond acceptors (Lipinski definition) is 7. The van der Waals surface area contributed by atoms with Crippen molar-refractivity contribution in [3.8, 4) is 12.3 Å². The van der Waals surface area contributed by atoms with Crippen molar-refractivity contribution in [2.24, 2.45) is 0 Å². The minimum Gasteiger partial charge on any atom is -0.481 e. The molecule has 0 saturated heterocycles. The van der Waals surface area contributed by atoms with E-state index in [4.69, 9.17) is 35.2 Å². The number of terminal acetylenes is 1. The SMILES string of the molecule is C#CCOCCOCCOCCOCCOC(=O)CCC(=O)O. The van der Waals surface area contributed by atoms with Gasteiger partial charge in [0.05, 0.1) is 59.1 Å². The van der Waals surface area contributed by atoms with Gasteiger partial charge in [0.2, 0.25) is 0 Å². The van der Waals surface area contributed by atoms with Gasteiger partial charge in [-0.05, 0) is 0 Å². The average molecular weight is 332 g/mol. The van der Waals surface area contributed by atoms with Gasteiger partial charge >= 0.3 is 11.9 Å². The topological polar surface area (TPSA) is 101 Å². The maximum Gasteiger partial charge on any atom is 0.306 e. The summed E-state index contributed by atoms with van der Waals surface area (Å²) in [6, 6.07) is 0. The van der Waals surface area contributed by atoms with Crippen molar-refractivity contribution in [2.45, 2.75) is 12.8 Å². The molecular weight excluding hydrogens is 308 g/mol. The molecule has 132 valence electrons. The Bertz CT molecular complexity index is 350. The van der Waals surface area contributed by atoms with Crippen LogP contribution in [-0.2, 0) is 33.3 Å². The van der Waals surface area contributed by atoms with Crippen molar-refractivity contribution in [1.29, 1.82) is 0 Å². The lowest BCUT2D eigenvalue weighted by Gasteiger charge is -2.07. The molecule has 0 amide bonds. The Hall–Kier alpha value is -1.66. The van der Waals surface area contributed by atoms with E-state index in [-0.39, 0.29) is 32.7 Å². The second-order valence-corrected chi connectivity index (χ2v) is 4.21. The van der Waals surface area contributed by atoms with E-state index in [0.29, 0.717) is 39.6 Å². The molecule has 0 aliphatic rings. The molecule has 8 heteroatoms. The van der Waals surface area contributed by atoms with Gasteiger partial charge < -0.3 is 28.8 Å². The van der Waals surface area contributed by atoms with Gasteiger partial charge in [0, 0.05) is 0 Å². The second kappa shape index (κ2) is 16.7. The van der Waals surface area contributed by atoms with Crippen molar-refractivity contribution >= 4 is 11.9 Å². The molecule has 0 aliphatic carbocycles. The van der Waals surface area contributed by atoms with Gasteiger partial charge in [-0.2, -0.15) is 0 Å². The Morgan fingerprint density at radius 2 is 1.26 bits per heavy atom. The fraction of sp³-hybridized carbons (Fsp3) is 0.733. The van der Waals surface area contributed by atoms with Gasteiger partial charge in [-0.25, -0.2) is 0 Å². The van der Waals surface area contributed by atoms with Crippen LogP contribution in [0.4, 0.5) is 0 Å². The van der Waals surface area contributed by atoms with E-state index in [1.165, 1.54) is 0 Å². The van der Waals surface area contributed by atoms with Crippen LogP contribution in [0.15, 0.2) is 0 Å². The molecule has 0 atom stereocenters. The van der Waals surface area contributed by atoms with Crippen LogP contribution in [0.25, 0.3) is 0 Å². The zero-order valence-electron chi connectivity index (χ0n) is 13.2. The fourth-order valence-corrected chi connectivity index (χ4v) is 1.29. The molecular formula is C15H24O8. The maximum atomic E-state index is 11.1. The number of hydrogen-bond donors (Lipinski definition) is 1. The molecule has 0 rings (SSSR count). The Balaban J connectivity index is 3.12. The zero-order chi connectivity index (χ0) is 17.2. The lowest BCUT2D eigenvalue weighted by Crippen LogP contribution is -2.15. The van der Waals surface area contributed by atoms with E-state index in [1.54, 1.807) is 0 Å². The van der Waals surface area contributed by atoms with Crippen molar-refractivity contribution in [1.82, 2.24) is 0 Å². The summed E-state index contributed by atoms with van der Waals surface area (Å²) in [4.78, 5) is 21.3. The van der Waals surface area contributed by atoms with E-state index in [1.807, 2.05) is 0 Å². The van der Waals surface area contributed by atoms with Gasteiger partial charge in [0.25, 0.3) is 0 Å². The third-order valence-electron chi connectivity index (χ3n) is 2.34. The second-order valence-electron chi connectivity index (χ2n) is 4.21. The van der Waals surface area contributed by atoms with Gasteiger partial charge in [-0.15, -0.1) is 6.42 Å². The van der Waals surface area contributed by atoms with Crippen LogP contribution in [0.5, 0.6) is 0 Å². The van der Waals surface area contributed by atoms with Gasteiger partial charge in [0.15, 0.2) is 0 Å². The molecule has 0 fully saturated rings. The summed E-state index contributed by atoms with van der Waals surface area (Å²) in [5, 5.41) is 8.39. The number of rotatable bonds is 16. The Morgan fingerprint density at radius 3 is 1.74 bits per heavy atom. The Labute approximate surface area is 136 Å². The molecule has 0 heterocycles. The number of carbonyl (C=O) groups is 2. The molecule has 0 aromatic heterocycles. The highest BCUT2D eigenvalue weighted by molar-refractivity contribution is 5.76. The molecule has 0 spiro atoms. The van der Waals surface area contributed by atoms with Crippen molar-refractivity contribution in [3.05, 3.63) is 0 Å². The summed E-state index contributed by atoms with van der Waals surface area (Å²) in [5.74, 6) is 0.783. The average Bonchev–Trinajstić information content (AvgIpc) is 2.53. The number of ether oxygens (including phenoxy) is 5. The molecule has 0 unspecified atom stereocenters. The van der Waals surface area contributed by atoms with Crippen molar-refractivity contribution < 1.29 is 38.4 Å². The highest BCUT2D eigenvalue weighted by atomic mass is 16.6. The number of carbonyl (C=O) groups excluding carboxylic acids is 1. The first-order valence-corrected chi connectivity index (χ1v) is 7.28. The highest BCUT2D eigenvalue weighted by Gasteiger charge is 2.05. The fourth-order valence-electron chi connectivity index (χ4n) is 1.29. The molecule has 0 radical (unpaired) electrons. The molecule has 1 N–H and O–H groups in total. The Morgan fingerprint density at radius 1 is 0.783 bits per heavy atom. The molecule has 8 nitrogen and oxygen atoms in total. The summed E-state index contributed by atoms with van der Waals surface area (Å²) >= 11 is 0. The summed E-state index contributed by atoms with van der Waals surface area (Å²) in [5.41, 5.74) is 0. The monoisotopic (exact) mass is 332 g/mol. The van der Waals surface area contributed by atoms with E-state index in [2.05, 4.69) is 5.92 Å². The molecule has 0 aromatic rings.